The molecule has 2 N–H and O–H groups in total. The third kappa shape index (κ3) is 2.75. The molecule has 0 fully saturated rings. The average molecular weight is 255 g/mol. The van der Waals surface area contributed by atoms with E-state index < -0.39 is 0 Å². The highest BCUT2D eigenvalue weighted by Gasteiger charge is 2.10. The third-order valence-corrected chi connectivity index (χ3v) is 3.40. The Morgan fingerprint density at radius 2 is 1.74 bits per heavy atom. The first-order chi connectivity index (χ1) is 9.02. The summed E-state index contributed by atoms with van der Waals surface area (Å²) in [5.41, 5.74) is 10.3. The first-order valence-electron chi connectivity index (χ1n) is 6.76. The SMILES string of the molecule is CCc1nc(N)c(C)c(-c2ccc(C(C)C)cc2)n1. The first kappa shape index (κ1) is 13.5. The summed E-state index contributed by atoms with van der Waals surface area (Å²) >= 11 is 0. The topological polar surface area (TPSA) is 51.8 Å². The number of hydrogen-bond acceptors (Lipinski definition) is 3. The van der Waals surface area contributed by atoms with Crippen molar-refractivity contribution in [2.24, 2.45) is 0 Å². The zero-order valence-corrected chi connectivity index (χ0v) is 12.1. The molecule has 2 rings (SSSR count). The molecule has 0 radical (unpaired) electrons. The number of aromatic nitrogens is 2. The van der Waals surface area contributed by atoms with Gasteiger partial charge >= 0.3 is 0 Å². The molecular weight excluding hydrogens is 234 g/mol. The van der Waals surface area contributed by atoms with E-state index in [1.54, 1.807) is 0 Å². The van der Waals surface area contributed by atoms with E-state index in [2.05, 4.69) is 48.1 Å². The smallest absolute Gasteiger partial charge is 0.131 e. The van der Waals surface area contributed by atoms with Gasteiger partial charge < -0.3 is 5.73 Å². The molecule has 0 saturated heterocycles. The molecule has 0 atom stereocenters. The fourth-order valence-corrected chi connectivity index (χ4v) is 2.05. The summed E-state index contributed by atoms with van der Waals surface area (Å²) in [7, 11) is 0. The van der Waals surface area contributed by atoms with E-state index in [1.165, 1.54) is 5.56 Å². The van der Waals surface area contributed by atoms with Gasteiger partial charge in [0, 0.05) is 17.5 Å². The van der Waals surface area contributed by atoms with E-state index >= 15 is 0 Å². The number of nitrogen functional groups attached to an aromatic ring is 1. The Balaban J connectivity index is 2.49. The second kappa shape index (κ2) is 5.39. The normalized spacial score (nSPS) is 11.0. The molecule has 0 saturated carbocycles. The molecule has 0 spiro atoms. The Kier molecular flexibility index (Phi) is 3.84. The number of rotatable bonds is 3. The van der Waals surface area contributed by atoms with Crippen molar-refractivity contribution in [1.29, 1.82) is 0 Å². The second-order valence-corrected chi connectivity index (χ2v) is 5.13. The highest BCUT2D eigenvalue weighted by molar-refractivity contribution is 5.67. The average Bonchev–Trinajstić information content (AvgIpc) is 2.41. The molecule has 1 heterocycles. The predicted molar refractivity (Wildman–Crippen MR) is 80.1 cm³/mol. The number of aryl methyl sites for hydroxylation is 1. The Bertz CT molecular complexity index is 571. The minimum atomic E-state index is 0.539. The van der Waals surface area contributed by atoms with Gasteiger partial charge in [-0.05, 0) is 18.4 Å². The minimum Gasteiger partial charge on any atom is -0.383 e. The van der Waals surface area contributed by atoms with Crippen molar-refractivity contribution in [3.8, 4) is 11.3 Å². The Hall–Kier alpha value is -1.90. The zero-order valence-electron chi connectivity index (χ0n) is 12.1. The minimum absolute atomic E-state index is 0.539. The van der Waals surface area contributed by atoms with Gasteiger partial charge in [-0.25, -0.2) is 9.97 Å². The molecule has 19 heavy (non-hydrogen) atoms. The van der Waals surface area contributed by atoms with Gasteiger partial charge in [-0.15, -0.1) is 0 Å². The second-order valence-electron chi connectivity index (χ2n) is 5.13. The van der Waals surface area contributed by atoms with Crippen molar-refractivity contribution in [3.05, 3.63) is 41.2 Å². The van der Waals surface area contributed by atoms with Gasteiger partial charge in [-0.1, -0.05) is 45.0 Å². The lowest BCUT2D eigenvalue weighted by Gasteiger charge is -2.11. The standard InChI is InChI=1S/C16H21N3/c1-5-14-18-15(11(4)16(17)19-14)13-8-6-12(7-9-13)10(2)3/h6-10H,5H2,1-4H3,(H2,17,18,19). The van der Waals surface area contributed by atoms with Gasteiger partial charge in [0.2, 0.25) is 0 Å². The molecule has 2 aromatic rings. The van der Waals surface area contributed by atoms with Gasteiger partial charge in [-0.2, -0.15) is 0 Å². The van der Waals surface area contributed by atoms with Crippen LogP contribution in [0.1, 0.15) is 43.6 Å². The Morgan fingerprint density at radius 3 is 2.26 bits per heavy atom. The fourth-order valence-electron chi connectivity index (χ4n) is 2.05. The van der Waals surface area contributed by atoms with Crippen molar-refractivity contribution >= 4 is 5.82 Å². The molecule has 100 valence electrons. The summed E-state index contributed by atoms with van der Waals surface area (Å²) in [6.07, 6.45) is 0.793. The van der Waals surface area contributed by atoms with Gasteiger partial charge in [0.1, 0.15) is 11.6 Å². The van der Waals surface area contributed by atoms with Crippen molar-refractivity contribution in [1.82, 2.24) is 9.97 Å². The quantitative estimate of drug-likeness (QED) is 0.909. The highest BCUT2D eigenvalue weighted by Crippen LogP contribution is 2.26. The van der Waals surface area contributed by atoms with Crippen LogP contribution in [0.4, 0.5) is 5.82 Å². The van der Waals surface area contributed by atoms with Crippen LogP contribution in [0.15, 0.2) is 24.3 Å². The molecule has 0 bridgehead atoms. The largest absolute Gasteiger partial charge is 0.383 e. The molecule has 0 unspecified atom stereocenters. The Labute approximate surface area is 114 Å². The molecule has 0 aliphatic carbocycles. The maximum absolute atomic E-state index is 5.96. The van der Waals surface area contributed by atoms with Crippen LogP contribution in [0, 0.1) is 6.92 Å². The van der Waals surface area contributed by atoms with E-state index in [-0.39, 0.29) is 0 Å². The van der Waals surface area contributed by atoms with Crippen LogP contribution in [-0.4, -0.2) is 9.97 Å². The lowest BCUT2D eigenvalue weighted by Crippen LogP contribution is -2.04. The van der Waals surface area contributed by atoms with Crippen LogP contribution in [0.3, 0.4) is 0 Å². The van der Waals surface area contributed by atoms with E-state index in [4.69, 9.17) is 5.73 Å². The lowest BCUT2D eigenvalue weighted by molar-refractivity contribution is 0.866. The maximum atomic E-state index is 5.96. The number of benzene rings is 1. The summed E-state index contributed by atoms with van der Waals surface area (Å²) in [6.45, 7) is 8.40. The zero-order chi connectivity index (χ0) is 14.0. The molecule has 1 aromatic heterocycles. The summed E-state index contributed by atoms with van der Waals surface area (Å²) in [4.78, 5) is 8.90. The molecule has 0 aliphatic heterocycles. The molecule has 3 nitrogen and oxygen atoms in total. The summed E-state index contributed by atoms with van der Waals surface area (Å²) in [6, 6.07) is 8.54. The van der Waals surface area contributed by atoms with Crippen LogP contribution in [0.2, 0.25) is 0 Å². The molecule has 0 amide bonds. The summed E-state index contributed by atoms with van der Waals surface area (Å²) in [5.74, 6) is 1.91. The summed E-state index contributed by atoms with van der Waals surface area (Å²) in [5, 5.41) is 0. The number of nitrogens with two attached hydrogens (primary N) is 1. The van der Waals surface area contributed by atoms with E-state index in [1.807, 2.05) is 13.8 Å². The monoisotopic (exact) mass is 255 g/mol. The first-order valence-corrected chi connectivity index (χ1v) is 6.76. The van der Waals surface area contributed by atoms with Crippen LogP contribution in [-0.2, 0) is 6.42 Å². The number of hydrogen-bond donors (Lipinski definition) is 1. The molecular formula is C16H21N3. The predicted octanol–water partition coefficient (Wildman–Crippen LogP) is 3.72. The molecule has 1 aromatic carbocycles. The third-order valence-electron chi connectivity index (χ3n) is 3.40. The van der Waals surface area contributed by atoms with Crippen molar-refractivity contribution in [2.75, 3.05) is 5.73 Å². The van der Waals surface area contributed by atoms with Crippen molar-refractivity contribution < 1.29 is 0 Å². The molecule has 3 heteroatoms. The van der Waals surface area contributed by atoms with Crippen LogP contribution in [0.25, 0.3) is 11.3 Å². The number of anilines is 1. The molecule has 0 aliphatic rings. The summed E-state index contributed by atoms with van der Waals surface area (Å²) < 4.78 is 0. The Morgan fingerprint density at radius 1 is 1.11 bits per heavy atom. The highest BCUT2D eigenvalue weighted by atomic mass is 15.0. The maximum Gasteiger partial charge on any atom is 0.131 e. The van der Waals surface area contributed by atoms with Gasteiger partial charge in [0.05, 0.1) is 5.69 Å². The number of nitrogens with zero attached hydrogens (tertiary/aromatic N) is 2. The van der Waals surface area contributed by atoms with Crippen LogP contribution >= 0.6 is 0 Å². The van der Waals surface area contributed by atoms with E-state index in [0.717, 1.165) is 29.1 Å². The van der Waals surface area contributed by atoms with Gasteiger partial charge in [-0.3, -0.25) is 0 Å². The lowest BCUT2D eigenvalue weighted by atomic mass is 9.99. The van der Waals surface area contributed by atoms with Gasteiger partial charge in [0.25, 0.3) is 0 Å². The van der Waals surface area contributed by atoms with Crippen LogP contribution < -0.4 is 5.73 Å². The van der Waals surface area contributed by atoms with Crippen molar-refractivity contribution in [3.63, 3.8) is 0 Å². The van der Waals surface area contributed by atoms with E-state index in [9.17, 15) is 0 Å². The van der Waals surface area contributed by atoms with Crippen molar-refractivity contribution in [2.45, 2.75) is 40.0 Å². The van der Waals surface area contributed by atoms with Gasteiger partial charge in [0.15, 0.2) is 0 Å². The van der Waals surface area contributed by atoms with Crippen LogP contribution in [0.5, 0.6) is 0 Å². The fraction of sp³-hybridized carbons (Fsp3) is 0.375. The van der Waals surface area contributed by atoms with E-state index in [0.29, 0.717) is 11.7 Å².